The Morgan fingerprint density at radius 1 is 1.43 bits per heavy atom. The Morgan fingerprint density at radius 2 is 2.17 bits per heavy atom. The van der Waals surface area contributed by atoms with Crippen LogP contribution in [0.5, 0.6) is 0 Å². The Hall–Kier alpha value is -1.93. The smallest absolute Gasteiger partial charge is 0.350 e. The van der Waals surface area contributed by atoms with E-state index < -0.39 is 25.8 Å². The van der Waals surface area contributed by atoms with Crippen molar-refractivity contribution in [3.05, 3.63) is 16.7 Å². The first-order chi connectivity index (χ1) is 10.8. The number of aromatic amines is 1. The normalized spacial score (nSPS) is 13.7. The van der Waals surface area contributed by atoms with Crippen molar-refractivity contribution < 1.29 is 18.5 Å². The topological polar surface area (TPSA) is 127 Å². The highest BCUT2D eigenvalue weighted by molar-refractivity contribution is 7.25. The number of unbranched alkanes of at least 4 members (excludes halogenated alkanes) is 2. The van der Waals surface area contributed by atoms with Crippen molar-refractivity contribution in [1.82, 2.24) is 19.5 Å². The highest BCUT2D eigenvalue weighted by Crippen LogP contribution is 2.33. The second-order valence-corrected chi connectivity index (χ2v) is 5.88. The molecule has 2 aromatic rings. The number of anilines is 1. The predicted octanol–water partition coefficient (Wildman–Crippen LogP) is 1.51. The Kier molecular flexibility index (Phi) is 5.38. The van der Waals surface area contributed by atoms with Gasteiger partial charge in [0.25, 0.3) is 5.56 Å². The van der Waals surface area contributed by atoms with Gasteiger partial charge in [-0.1, -0.05) is 12.8 Å². The van der Waals surface area contributed by atoms with Gasteiger partial charge >= 0.3 is 5.66 Å². The predicted molar refractivity (Wildman–Crippen MR) is 79.6 cm³/mol. The lowest BCUT2D eigenvalue weighted by Gasteiger charge is -2.15. The minimum absolute atomic E-state index is 0.00798. The molecule has 0 spiro atoms. The lowest BCUT2D eigenvalue weighted by Crippen LogP contribution is -2.27. The molecule has 8 nitrogen and oxygen atoms in total. The van der Waals surface area contributed by atoms with Gasteiger partial charge in [0, 0.05) is 6.54 Å². The van der Waals surface area contributed by atoms with Crippen molar-refractivity contribution in [2.24, 2.45) is 0 Å². The fourth-order valence-corrected chi connectivity index (χ4v) is 2.42. The molecule has 0 aliphatic rings. The molecule has 2 rings (SSSR count). The summed E-state index contributed by atoms with van der Waals surface area (Å²) in [4.78, 5) is 21.9. The number of rotatable bonds is 8. The molecule has 0 aliphatic carbocycles. The fraction of sp³-hybridized carbons (Fsp3) is 0.583. The summed E-state index contributed by atoms with van der Waals surface area (Å²) in [7, 11) is -1.38. The number of hydrogen-bond donors (Lipinski definition) is 3. The van der Waals surface area contributed by atoms with Gasteiger partial charge in [0.15, 0.2) is 11.2 Å². The number of aliphatic hydroxyl groups is 1. The van der Waals surface area contributed by atoms with E-state index in [1.54, 1.807) is 4.57 Å². The number of aromatic nitrogens is 4. The number of nitrogens with zero attached hydrogens (tertiary/aromatic N) is 3. The molecule has 23 heavy (non-hydrogen) atoms. The summed E-state index contributed by atoms with van der Waals surface area (Å²) in [5.41, 5.74) is 2.00. The Labute approximate surface area is 130 Å². The number of fused-ring (bicyclic) bond motifs is 1. The summed E-state index contributed by atoms with van der Waals surface area (Å²) in [5, 5.41) is 9.23. The lowest BCUT2D eigenvalue weighted by molar-refractivity contribution is -0.0430. The van der Waals surface area contributed by atoms with E-state index >= 15 is 0 Å². The van der Waals surface area contributed by atoms with Gasteiger partial charge in [-0.15, -0.1) is 0 Å². The number of aliphatic hydroxyl groups excluding tert-OH is 1. The van der Waals surface area contributed by atoms with Gasteiger partial charge in [-0.05, 0) is 12.8 Å². The molecular formula is C12H16F2N5O3P. The molecule has 11 heteroatoms. The molecule has 1 atom stereocenters. The first-order valence-corrected chi connectivity index (χ1v) is 7.77. The van der Waals surface area contributed by atoms with E-state index in [9.17, 15) is 23.2 Å². The minimum atomic E-state index is -3.61. The minimum Gasteiger partial charge on any atom is -0.386 e. The van der Waals surface area contributed by atoms with Gasteiger partial charge < -0.3 is 15.4 Å². The number of hydrogen-bond acceptors (Lipinski definition) is 6. The van der Waals surface area contributed by atoms with Gasteiger partial charge in [0.1, 0.15) is 6.10 Å². The Balaban J connectivity index is 1.86. The Morgan fingerprint density at radius 3 is 2.87 bits per heavy atom. The van der Waals surface area contributed by atoms with Crippen LogP contribution < -0.4 is 11.3 Å². The molecule has 0 aliphatic heterocycles. The van der Waals surface area contributed by atoms with Crippen LogP contribution in [0.15, 0.2) is 11.1 Å². The third-order valence-corrected chi connectivity index (χ3v) is 3.93. The highest BCUT2D eigenvalue weighted by atomic mass is 31.1. The van der Waals surface area contributed by atoms with Crippen molar-refractivity contribution in [3.63, 3.8) is 0 Å². The standard InChI is InChI=1S/C12H16F2N5O3P/c13-12(14,23-22)7(20)4-2-1-3-5-19-6-16-8-9(19)17-11(15)18-10(8)21/h6-7,20H,1-5H2,(H3,15,17,18,21). The second kappa shape index (κ2) is 7.10. The van der Waals surface area contributed by atoms with Gasteiger partial charge in [0.2, 0.25) is 14.4 Å². The van der Waals surface area contributed by atoms with Crippen LogP contribution in [0.1, 0.15) is 25.7 Å². The van der Waals surface area contributed by atoms with Crippen molar-refractivity contribution in [2.75, 3.05) is 5.73 Å². The Bertz CT molecular complexity index is 748. The molecule has 0 amide bonds. The molecule has 126 valence electrons. The molecule has 2 aromatic heterocycles. The van der Waals surface area contributed by atoms with Crippen LogP contribution in [0, 0.1) is 0 Å². The van der Waals surface area contributed by atoms with E-state index in [4.69, 9.17) is 5.73 Å². The number of nitrogens with two attached hydrogens (primary N) is 1. The summed E-state index contributed by atoms with van der Waals surface area (Å²) in [6.07, 6.45) is 0.947. The second-order valence-electron chi connectivity index (χ2n) is 5.11. The highest BCUT2D eigenvalue weighted by Gasteiger charge is 2.38. The number of alkyl halides is 2. The maximum atomic E-state index is 12.9. The molecule has 4 N–H and O–H groups in total. The van der Waals surface area contributed by atoms with Crippen molar-refractivity contribution in [1.29, 1.82) is 0 Å². The van der Waals surface area contributed by atoms with Crippen LogP contribution in [0.2, 0.25) is 0 Å². The molecular weight excluding hydrogens is 331 g/mol. The summed E-state index contributed by atoms with van der Waals surface area (Å²) in [6.45, 7) is 0.485. The van der Waals surface area contributed by atoms with Crippen molar-refractivity contribution >= 4 is 25.6 Å². The zero-order valence-electron chi connectivity index (χ0n) is 12.1. The van der Waals surface area contributed by atoms with E-state index in [1.807, 2.05) is 0 Å². The average molecular weight is 347 g/mol. The summed E-state index contributed by atoms with van der Waals surface area (Å²) in [6, 6.07) is 0. The summed E-state index contributed by atoms with van der Waals surface area (Å²) >= 11 is 0. The largest absolute Gasteiger partial charge is 0.386 e. The third kappa shape index (κ3) is 4.08. The monoisotopic (exact) mass is 347 g/mol. The number of halogens is 2. The van der Waals surface area contributed by atoms with Crippen molar-refractivity contribution in [3.8, 4) is 0 Å². The van der Waals surface area contributed by atoms with Gasteiger partial charge in [0.05, 0.1) is 6.33 Å². The van der Waals surface area contributed by atoms with Crippen LogP contribution in [0.3, 0.4) is 0 Å². The zero-order chi connectivity index (χ0) is 17.0. The number of nitrogens with one attached hydrogen (secondary N) is 1. The summed E-state index contributed by atoms with van der Waals surface area (Å²) in [5.74, 6) is -0.00798. The SMILES string of the molecule is Nc1nc2c(ncn2CCCCCC(O)C(F)(F)P=O)c(=O)[nH]1. The number of aryl methyl sites for hydroxylation is 1. The van der Waals surface area contributed by atoms with Crippen LogP contribution in [-0.4, -0.2) is 36.4 Å². The zero-order valence-corrected chi connectivity index (χ0v) is 13.0. The molecule has 0 aromatic carbocycles. The number of H-pyrrole nitrogens is 1. The quantitative estimate of drug-likeness (QED) is 0.491. The molecule has 0 saturated carbocycles. The van der Waals surface area contributed by atoms with Crippen LogP contribution >= 0.6 is 8.46 Å². The third-order valence-electron chi connectivity index (χ3n) is 3.39. The number of nitrogen functional groups attached to an aromatic ring is 1. The van der Waals surface area contributed by atoms with Gasteiger partial charge in [-0.3, -0.25) is 14.3 Å². The van der Waals surface area contributed by atoms with Crippen LogP contribution in [0.4, 0.5) is 14.7 Å². The molecule has 1 unspecified atom stereocenters. The summed E-state index contributed by atoms with van der Waals surface area (Å²) < 4.78 is 37.7. The number of imidazole rings is 1. The van der Waals surface area contributed by atoms with Crippen LogP contribution in [-0.2, 0) is 11.1 Å². The van der Waals surface area contributed by atoms with E-state index in [1.165, 1.54) is 6.33 Å². The fourth-order valence-electron chi connectivity index (χ4n) is 2.17. The maximum Gasteiger partial charge on any atom is 0.350 e. The van der Waals surface area contributed by atoms with E-state index in [-0.39, 0.29) is 17.9 Å². The first kappa shape index (κ1) is 17.4. The first-order valence-electron chi connectivity index (χ1n) is 6.96. The van der Waals surface area contributed by atoms with E-state index in [0.29, 0.717) is 31.5 Å². The molecule has 0 radical (unpaired) electrons. The van der Waals surface area contributed by atoms with Gasteiger partial charge in [-0.2, -0.15) is 13.8 Å². The molecule has 2 heterocycles. The maximum absolute atomic E-state index is 12.9. The molecule has 0 saturated heterocycles. The molecule has 0 bridgehead atoms. The van der Waals surface area contributed by atoms with E-state index in [2.05, 4.69) is 15.0 Å². The lowest BCUT2D eigenvalue weighted by atomic mass is 10.1. The molecule has 0 fully saturated rings. The van der Waals surface area contributed by atoms with Gasteiger partial charge in [-0.25, -0.2) is 4.98 Å². The van der Waals surface area contributed by atoms with Crippen molar-refractivity contribution in [2.45, 2.75) is 44.0 Å². The van der Waals surface area contributed by atoms with E-state index in [0.717, 1.165) is 0 Å². The average Bonchev–Trinajstić information content (AvgIpc) is 2.90. The van der Waals surface area contributed by atoms with Crippen LogP contribution in [0.25, 0.3) is 11.2 Å².